The number of hydrogen-bond acceptors (Lipinski definition) is 4. The van der Waals surface area contributed by atoms with Crippen molar-refractivity contribution in [2.75, 3.05) is 26.7 Å². The summed E-state index contributed by atoms with van der Waals surface area (Å²) in [5.41, 5.74) is 1.41. The number of carbonyl (C=O) groups excluding carboxylic acids is 1. The summed E-state index contributed by atoms with van der Waals surface area (Å²) in [7, 11) is 2.21. The number of hydrogen-bond donors (Lipinski definition) is 1. The predicted molar refractivity (Wildman–Crippen MR) is 109 cm³/mol. The molecular weight excluding hydrogens is 336 g/mol. The summed E-state index contributed by atoms with van der Waals surface area (Å²) >= 11 is 0. The van der Waals surface area contributed by atoms with Gasteiger partial charge in [0.1, 0.15) is 0 Å². The van der Waals surface area contributed by atoms with Crippen molar-refractivity contribution < 1.29 is 4.79 Å². The summed E-state index contributed by atoms with van der Waals surface area (Å²) in [6.45, 7) is 12.8. The van der Waals surface area contributed by atoms with E-state index in [0.29, 0.717) is 5.92 Å². The molecule has 27 heavy (non-hydrogen) atoms. The van der Waals surface area contributed by atoms with Gasteiger partial charge >= 0.3 is 0 Å². The average Bonchev–Trinajstić information content (AvgIpc) is 2.80. The minimum Gasteiger partial charge on any atom is -0.356 e. The van der Waals surface area contributed by atoms with Gasteiger partial charge in [0.05, 0.1) is 5.69 Å². The van der Waals surface area contributed by atoms with Crippen LogP contribution in [0.5, 0.6) is 0 Å². The molecule has 2 aliphatic rings. The average molecular weight is 373 g/mol. The minimum absolute atomic E-state index is 0.114. The topological polar surface area (TPSA) is 48.5 Å². The fraction of sp³-hybridized carbons (Fsp3) is 0.727. The van der Waals surface area contributed by atoms with Gasteiger partial charge in [-0.2, -0.15) is 0 Å². The summed E-state index contributed by atoms with van der Waals surface area (Å²) in [6.07, 6.45) is 4.86. The van der Waals surface area contributed by atoms with Gasteiger partial charge < -0.3 is 5.32 Å². The Labute approximate surface area is 164 Å². The maximum Gasteiger partial charge on any atom is 0.223 e. The molecule has 2 saturated heterocycles. The molecule has 1 aromatic heterocycles. The summed E-state index contributed by atoms with van der Waals surface area (Å²) in [5.74, 6) is 0.890. The molecule has 150 valence electrons. The lowest BCUT2D eigenvalue weighted by Crippen LogP contribution is -2.49. The lowest BCUT2D eigenvalue weighted by molar-refractivity contribution is -0.126. The smallest absolute Gasteiger partial charge is 0.223 e. The molecule has 5 nitrogen and oxygen atoms in total. The number of amides is 1. The van der Waals surface area contributed by atoms with Crippen LogP contribution in [0, 0.1) is 11.8 Å². The molecule has 1 aromatic rings. The Morgan fingerprint density at radius 1 is 1.22 bits per heavy atom. The SMILES string of the molecule is CN1C(C)(C)CC(CNC(=O)C2CCN(Cc3ccccn3)CC2)C1(C)C. The number of carbonyl (C=O) groups is 1. The van der Waals surface area contributed by atoms with Crippen molar-refractivity contribution in [1.29, 1.82) is 0 Å². The molecule has 2 fully saturated rings. The van der Waals surface area contributed by atoms with Crippen molar-refractivity contribution in [1.82, 2.24) is 20.1 Å². The van der Waals surface area contributed by atoms with E-state index < -0.39 is 0 Å². The first-order valence-electron chi connectivity index (χ1n) is 10.3. The van der Waals surface area contributed by atoms with Crippen LogP contribution in [0.2, 0.25) is 0 Å². The standard InChI is InChI=1S/C22H36N4O/c1-21(2)14-18(22(3,4)25(21)5)15-24-20(27)17-9-12-26(13-10-17)16-19-8-6-7-11-23-19/h6-8,11,17-18H,9-10,12-16H2,1-5H3,(H,24,27). The van der Waals surface area contributed by atoms with Gasteiger partial charge in [-0.15, -0.1) is 0 Å². The molecule has 1 N–H and O–H groups in total. The Morgan fingerprint density at radius 3 is 2.48 bits per heavy atom. The molecule has 0 bridgehead atoms. The van der Waals surface area contributed by atoms with Gasteiger partial charge in [-0.05, 0) is 85.1 Å². The van der Waals surface area contributed by atoms with Crippen LogP contribution in [0.4, 0.5) is 0 Å². The molecule has 0 aromatic carbocycles. The number of nitrogens with zero attached hydrogens (tertiary/aromatic N) is 3. The van der Waals surface area contributed by atoms with E-state index in [4.69, 9.17) is 0 Å². The number of aromatic nitrogens is 1. The summed E-state index contributed by atoms with van der Waals surface area (Å²) in [6, 6.07) is 6.05. The van der Waals surface area contributed by atoms with E-state index >= 15 is 0 Å². The number of nitrogens with one attached hydrogen (secondary N) is 1. The first-order valence-corrected chi connectivity index (χ1v) is 10.3. The minimum atomic E-state index is 0.114. The lowest BCUT2D eigenvalue weighted by atomic mass is 9.86. The van der Waals surface area contributed by atoms with Gasteiger partial charge in [0.2, 0.25) is 5.91 Å². The first kappa shape index (κ1) is 20.3. The van der Waals surface area contributed by atoms with Crippen LogP contribution in [0.1, 0.15) is 52.7 Å². The van der Waals surface area contributed by atoms with Gasteiger partial charge in [-0.3, -0.25) is 19.6 Å². The molecule has 1 amide bonds. The Morgan fingerprint density at radius 2 is 1.93 bits per heavy atom. The highest BCUT2D eigenvalue weighted by Gasteiger charge is 2.49. The lowest BCUT2D eigenvalue weighted by Gasteiger charge is -2.38. The highest BCUT2D eigenvalue weighted by molar-refractivity contribution is 5.78. The van der Waals surface area contributed by atoms with Crippen molar-refractivity contribution in [3.63, 3.8) is 0 Å². The molecule has 0 radical (unpaired) electrons. The van der Waals surface area contributed by atoms with Crippen molar-refractivity contribution >= 4 is 5.91 Å². The fourth-order valence-corrected chi connectivity index (χ4v) is 4.81. The molecule has 0 spiro atoms. The third-order valence-electron chi connectivity index (χ3n) is 7.11. The van der Waals surface area contributed by atoms with Gasteiger partial charge in [-0.25, -0.2) is 0 Å². The highest BCUT2D eigenvalue weighted by Crippen LogP contribution is 2.43. The van der Waals surface area contributed by atoms with Crippen LogP contribution >= 0.6 is 0 Å². The van der Waals surface area contributed by atoms with E-state index in [1.807, 2.05) is 18.3 Å². The normalized spacial score (nSPS) is 26.2. The van der Waals surface area contributed by atoms with E-state index in [1.54, 1.807) is 0 Å². The van der Waals surface area contributed by atoms with Gasteiger partial charge in [-0.1, -0.05) is 6.07 Å². The van der Waals surface area contributed by atoms with Gasteiger partial charge in [0.25, 0.3) is 0 Å². The van der Waals surface area contributed by atoms with Crippen LogP contribution in [-0.4, -0.2) is 58.5 Å². The Hall–Kier alpha value is -1.46. The monoisotopic (exact) mass is 372 g/mol. The second-order valence-corrected chi connectivity index (χ2v) is 9.54. The molecule has 1 atom stereocenters. The van der Waals surface area contributed by atoms with Crippen molar-refractivity contribution in [2.24, 2.45) is 11.8 Å². The molecular formula is C22H36N4O. The number of piperidine rings is 1. The van der Waals surface area contributed by atoms with Gasteiger partial charge in [0.15, 0.2) is 0 Å². The predicted octanol–water partition coefficient (Wildman–Crippen LogP) is 2.92. The zero-order valence-corrected chi connectivity index (χ0v) is 17.7. The number of pyridine rings is 1. The molecule has 0 saturated carbocycles. The zero-order valence-electron chi connectivity index (χ0n) is 17.7. The van der Waals surface area contributed by atoms with Crippen LogP contribution in [-0.2, 0) is 11.3 Å². The highest BCUT2D eigenvalue weighted by atomic mass is 16.1. The second kappa shape index (κ2) is 7.88. The van der Waals surface area contributed by atoms with E-state index in [0.717, 1.165) is 51.1 Å². The molecule has 3 heterocycles. The summed E-state index contributed by atoms with van der Waals surface area (Å²) in [4.78, 5) is 22.0. The second-order valence-electron chi connectivity index (χ2n) is 9.54. The quantitative estimate of drug-likeness (QED) is 0.863. The molecule has 1 unspecified atom stereocenters. The first-order chi connectivity index (χ1) is 12.7. The van der Waals surface area contributed by atoms with E-state index in [9.17, 15) is 4.79 Å². The Bertz CT molecular complexity index is 635. The molecule has 0 aliphatic carbocycles. The largest absolute Gasteiger partial charge is 0.356 e. The maximum atomic E-state index is 12.7. The Balaban J connectivity index is 1.45. The Kier molecular flexibility index (Phi) is 5.92. The van der Waals surface area contributed by atoms with Crippen molar-refractivity contribution in [3.05, 3.63) is 30.1 Å². The maximum absolute atomic E-state index is 12.7. The van der Waals surface area contributed by atoms with Crippen molar-refractivity contribution in [3.8, 4) is 0 Å². The fourth-order valence-electron chi connectivity index (χ4n) is 4.81. The van der Waals surface area contributed by atoms with Crippen LogP contribution < -0.4 is 5.32 Å². The molecule has 2 aliphatic heterocycles. The van der Waals surface area contributed by atoms with Crippen LogP contribution in [0.3, 0.4) is 0 Å². The van der Waals surface area contributed by atoms with Crippen LogP contribution in [0.15, 0.2) is 24.4 Å². The third-order valence-corrected chi connectivity index (χ3v) is 7.11. The zero-order chi connectivity index (χ0) is 19.7. The van der Waals surface area contributed by atoms with E-state index in [1.165, 1.54) is 0 Å². The van der Waals surface area contributed by atoms with Crippen LogP contribution in [0.25, 0.3) is 0 Å². The molecule has 5 heteroatoms. The number of rotatable bonds is 5. The third kappa shape index (κ3) is 4.52. The van der Waals surface area contributed by atoms with Gasteiger partial charge in [0, 0.05) is 36.3 Å². The number of likely N-dealkylation sites (tertiary alicyclic amines) is 2. The van der Waals surface area contributed by atoms with E-state index in [2.05, 4.69) is 60.9 Å². The van der Waals surface area contributed by atoms with E-state index in [-0.39, 0.29) is 22.9 Å². The van der Waals surface area contributed by atoms with Crippen molar-refractivity contribution in [2.45, 2.75) is 64.6 Å². The summed E-state index contributed by atoms with van der Waals surface area (Å²) < 4.78 is 0. The molecule has 3 rings (SSSR count). The summed E-state index contributed by atoms with van der Waals surface area (Å²) in [5, 5.41) is 3.28.